The van der Waals surface area contributed by atoms with E-state index in [0.717, 1.165) is 16.7 Å². The lowest BCUT2D eigenvalue weighted by atomic mass is 10.0. The van der Waals surface area contributed by atoms with E-state index in [-0.39, 0.29) is 17.9 Å². The summed E-state index contributed by atoms with van der Waals surface area (Å²) in [4.78, 5) is 25.1. The summed E-state index contributed by atoms with van der Waals surface area (Å²) in [5.74, 6) is -0.489. The van der Waals surface area contributed by atoms with Crippen LogP contribution in [-0.4, -0.2) is 41.2 Å². The Hall–Kier alpha value is -3.29. The Labute approximate surface area is 184 Å². The van der Waals surface area contributed by atoms with Crippen LogP contribution in [0.2, 0.25) is 5.02 Å². The molecule has 8 heteroatoms. The summed E-state index contributed by atoms with van der Waals surface area (Å²) < 4.78 is 5.87. The number of hydrogen-bond donors (Lipinski definition) is 2. The molecule has 158 valence electrons. The lowest BCUT2D eigenvalue weighted by Gasteiger charge is -2.18. The molecule has 7 nitrogen and oxygen atoms in total. The maximum Gasteiger partial charge on any atom is 0.254 e. The lowest BCUT2D eigenvalue weighted by molar-refractivity contribution is -0.131. The van der Waals surface area contributed by atoms with Gasteiger partial charge in [-0.2, -0.15) is 10.2 Å². The molecule has 0 unspecified atom stereocenters. The van der Waals surface area contributed by atoms with Gasteiger partial charge in [-0.25, -0.2) is 0 Å². The topological polar surface area (TPSA) is 93.2 Å². The summed E-state index contributed by atoms with van der Waals surface area (Å²) in [6, 6.07) is 16.6. The average molecular weight is 437 g/mol. The molecule has 4 rings (SSSR count). The van der Waals surface area contributed by atoms with Gasteiger partial charge in [0.05, 0.1) is 24.6 Å². The first-order valence-corrected chi connectivity index (χ1v) is 10.3. The number of benzene rings is 2. The molecule has 31 heavy (non-hydrogen) atoms. The van der Waals surface area contributed by atoms with Gasteiger partial charge in [0.1, 0.15) is 0 Å². The van der Waals surface area contributed by atoms with Crippen LogP contribution in [0.1, 0.15) is 28.4 Å². The first-order chi connectivity index (χ1) is 15.1. The van der Waals surface area contributed by atoms with E-state index in [1.54, 1.807) is 6.07 Å². The van der Waals surface area contributed by atoms with E-state index in [9.17, 15) is 9.59 Å². The zero-order valence-corrected chi connectivity index (χ0v) is 17.4. The van der Waals surface area contributed by atoms with Crippen LogP contribution >= 0.6 is 11.6 Å². The lowest BCUT2D eigenvalue weighted by Crippen LogP contribution is -2.44. The molecule has 1 aliphatic rings. The fourth-order valence-electron chi connectivity index (χ4n) is 3.42. The number of nitrogens with one attached hydrogen (secondary N) is 2. The first-order valence-electron chi connectivity index (χ1n) is 9.93. The van der Waals surface area contributed by atoms with Crippen molar-refractivity contribution >= 4 is 23.4 Å². The van der Waals surface area contributed by atoms with Crippen LogP contribution in [0.5, 0.6) is 0 Å². The molecule has 2 aromatic carbocycles. The van der Waals surface area contributed by atoms with Crippen molar-refractivity contribution in [2.24, 2.45) is 0 Å². The molecule has 3 aromatic rings. The van der Waals surface area contributed by atoms with Crippen LogP contribution in [0.25, 0.3) is 11.1 Å². The zero-order chi connectivity index (χ0) is 21.6. The van der Waals surface area contributed by atoms with Crippen LogP contribution < -0.4 is 10.6 Å². The van der Waals surface area contributed by atoms with E-state index in [1.807, 2.05) is 48.5 Å². The van der Waals surface area contributed by atoms with Gasteiger partial charge in [-0.1, -0.05) is 41.9 Å². The second kappa shape index (κ2) is 9.68. The Bertz CT molecular complexity index is 1060. The fraction of sp³-hybridized carbons (Fsp3) is 0.217. The molecule has 0 aliphatic carbocycles. The van der Waals surface area contributed by atoms with Crippen molar-refractivity contribution < 1.29 is 14.3 Å². The van der Waals surface area contributed by atoms with Crippen molar-refractivity contribution in [1.29, 1.82) is 0 Å². The monoisotopic (exact) mass is 436 g/mol. The third-order valence-corrected chi connectivity index (χ3v) is 5.31. The standard InChI is InChI=1S/C23H21ClN4O3/c24-19-6-4-15(5-7-19)16-2-1-3-17(12-16)21-23(30)28-20(9-11-31-21)14-25-22(29)18-8-10-26-27-13-18/h1-8,10,12-13,20-21H,9,11,14H2,(H,25,29)(H,28,30)/t20-,21-/m0/s1. The van der Waals surface area contributed by atoms with Gasteiger partial charge in [-0.15, -0.1) is 0 Å². The van der Waals surface area contributed by atoms with Gasteiger partial charge >= 0.3 is 0 Å². The highest BCUT2D eigenvalue weighted by molar-refractivity contribution is 6.30. The van der Waals surface area contributed by atoms with Gasteiger partial charge in [0.2, 0.25) is 0 Å². The van der Waals surface area contributed by atoms with Gasteiger partial charge in [0.25, 0.3) is 11.8 Å². The van der Waals surface area contributed by atoms with Gasteiger partial charge in [-0.05, 0) is 47.4 Å². The first kappa shape index (κ1) is 21.0. The van der Waals surface area contributed by atoms with E-state index < -0.39 is 6.10 Å². The number of nitrogens with zero attached hydrogens (tertiary/aromatic N) is 2. The maximum atomic E-state index is 12.8. The number of amides is 2. The van der Waals surface area contributed by atoms with Crippen molar-refractivity contribution in [1.82, 2.24) is 20.8 Å². The maximum absolute atomic E-state index is 12.8. The molecule has 0 spiro atoms. The van der Waals surface area contributed by atoms with Gasteiger partial charge < -0.3 is 15.4 Å². The minimum absolute atomic E-state index is 0.226. The Morgan fingerprint density at radius 2 is 1.97 bits per heavy atom. The van der Waals surface area contributed by atoms with E-state index >= 15 is 0 Å². The third kappa shape index (κ3) is 5.25. The molecule has 2 atom stereocenters. The summed E-state index contributed by atoms with van der Waals surface area (Å²) in [7, 11) is 0. The number of rotatable bonds is 5. The molecule has 1 fully saturated rings. The number of ether oxygens (including phenoxy) is 1. The van der Waals surface area contributed by atoms with Crippen molar-refractivity contribution in [3.8, 4) is 11.1 Å². The molecule has 0 bridgehead atoms. The molecule has 1 saturated heterocycles. The quantitative estimate of drug-likeness (QED) is 0.640. The van der Waals surface area contributed by atoms with E-state index in [4.69, 9.17) is 16.3 Å². The van der Waals surface area contributed by atoms with Crippen LogP contribution in [0.3, 0.4) is 0 Å². The number of carbonyl (C=O) groups is 2. The van der Waals surface area contributed by atoms with Gasteiger partial charge in [0, 0.05) is 17.6 Å². The van der Waals surface area contributed by atoms with Crippen LogP contribution in [0.4, 0.5) is 0 Å². The molecular formula is C23H21ClN4O3. The second-order valence-electron chi connectivity index (χ2n) is 7.22. The molecule has 2 heterocycles. The van der Waals surface area contributed by atoms with Gasteiger partial charge in [-0.3, -0.25) is 9.59 Å². The molecular weight excluding hydrogens is 416 g/mol. The third-order valence-electron chi connectivity index (χ3n) is 5.06. The average Bonchev–Trinajstić information content (AvgIpc) is 2.99. The molecule has 0 saturated carbocycles. The molecule has 1 aromatic heterocycles. The molecule has 0 radical (unpaired) electrons. The summed E-state index contributed by atoms with van der Waals surface area (Å²) >= 11 is 5.98. The minimum Gasteiger partial charge on any atom is -0.364 e. The zero-order valence-electron chi connectivity index (χ0n) is 16.6. The predicted molar refractivity (Wildman–Crippen MR) is 116 cm³/mol. The highest BCUT2D eigenvalue weighted by Crippen LogP contribution is 2.27. The van der Waals surface area contributed by atoms with Crippen molar-refractivity contribution in [2.75, 3.05) is 13.2 Å². The summed E-state index contributed by atoms with van der Waals surface area (Å²) in [5.41, 5.74) is 3.18. The van der Waals surface area contributed by atoms with Crippen molar-refractivity contribution in [3.05, 3.63) is 83.1 Å². The number of aromatic nitrogens is 2. The Morgan fingerprint density at radius 1 is 1.13 bits per heavy atom. The van der Waals surface area contributed by atoms with Crippen LogP contribution in [0.15, 0.2) is 67.0 Å². The molecule has 2 amide bonds. The number of halogens is 1. The Kier molecular flexibility index (Phi) is 6.54. The van der Waals surface area contributed by atoms with Crippen molar-refractivity contribution in [3.63, 3.8) is 0 Å². The minimum atomic E-state index is -0.711. The predicted octanol–water partition coefficient (Wildman–Crippen LogP) is 3.17. The van der Waals surface area contributed by atoms with E-state index in [0.29, 0.717) is 30.2 Å². The van der Waals surface area contributed by atoms with E-state index in [2.05, 4.69) is 20.8 Å². The number of carbonyl (C=O) groups excluding carboxylic acids is 2. The Morgan fingerprint density at radius 3 is 2.74 bits per heavy atom. The smallest absolute Gasteiger partial charge is 0.254 e. The number of hydrogen-bond acceptors (Lipinski definition) is 5. The van der Waals surface area contributed by atoms with E-state index in [1.165, 1.54) is 12.4 Å². The Balaban J connectivity index is 1.41. The van der Waals surface area contributed by atoms with Crippen molar-refractivity contribution in [2.45, 2.75) is 18.6 Å². The molecule has 2 N–H and O–H groups in total. The summed E-state index contributed by atoms with van der Waals surface area (Å²) in [6.07, 6.45) is 2.73. The normalized spacial score (nSPS) is 18.7. The summed E-state index contributed by atoms with van der Waals surface area (Å²) in [6.45, 7) is 0.694. The summed E-state index contributed by atoms with van der Waals surface area (Å²) in [5, 5.41) is 13.8. The van der Waals surface area contributed by atoms with Crippen LogP contribution in [0, 0.1) is 0 Å². The highest BCUT2D eigenvalue weighted by Gasteiger charge is 2.28. The highest BCUT2D eigenvalue weighted by atomic mass is 35.5. The SMILES string of the molecule is O=C(NC[C@@H]1CCO[C@@H](c2cccc(-c3ccc(Cl)cc3)c2)C(=O)N1)c1ccnnc1. The molecule has 1 aliphatic heterocycles. The van der Waals surface area contributed by atoms with Crippen LogP contribution in [-0.2, 0) is 9.53 Å². The fourth-order valence-corrected chi connectivity index (χ4v) is 3.55. The largest absolute Gasteiger partial charge is 0.364 e. The second-order valence-corrected chi connectivity index (χ2v) is 7.65. The van der Waals surface area contributed by atoms with Gasteiger partial charge in [0.15, 0.2) is 6.10 Å².